The van der Waals surface area contributed by atoms with Crippen LogP contribution in [0.4, 0.5) is 0 Å². The summed E-state index contributed by atoms with van der Waals surface area (Å²) in [5.41, 5.74) is 0.495. The van der Waals surface area contributed by atoms with Crippen LogP contribution < -0.4 is 9.47 Å². The molecule has 0 aliphatic heterocycles. The Kier molecular flexibility index (Phi) is 6.26. The molecule has 0 radical (unpaired) electrons. The van der Waals surface area contributed by atoms with Crippen LogP contribution in [0.2, 0.25) is 0 Å². The van der Waals surface area contributed by atoms with Gasteiger partial charge in [0.2, 0.25) is 0 Å². The Labute approximate surface area is 122 Å². The van der Waals surface area contributed by atoms with Gasteiger partial charge >= 0.3 is 11.9 Å². The third-order valence-electron chi connectivity index (χ3n) is 2.34. The molecule has 0 aliphatic carbocycles. The molecule has 6 heteroatoms. The zero-order chi connectivity index (χ0) is 15.8. The first-order valence-corrected chi connectivity index (χ1v) is 6.34. The van der Waals surface area contributed by atoms with Crippen LogP contribution in [-0.4, -0.2) is 36.9 Å². The molecule has 0 heterocycles. The van der Waals surface area contributed by atoms with Crippen molar-refractivity contribution in [2.45, 2.75) is 20.0 Å². The van der Waals surface area contributed by atoms with Crippen LogP contribution in [-0.2, 0) is 14.3 Å². The van der Waals surface area contributed by atoms with Crippen LogP contribution >= 0.6 is 0 Å². The quantitative estimate of drug-likeness (QED) is 0.612. The van der Waals surface area contributed by atoms with E-state index in [4.69, 9.17) is 19.3 Å². The maximum Gasteiger partial charge on any atom is 0.344 e. The number of para-hydroxylation sites is 1. The van der Waals surface area contributed by atoms with Gasteiger partial charge in [-0.2, -0.15) is 0 Å². The standard InChI is InChI=1S/C15H18O6/c1-10(2)21-14(18)9-20-15-11(7-8-13(16)17)5-4-6-12(15)19-3/h4-8,10H,9H2,1-3H3,(H,16,17). The average molecular weight is 294 g/mol. The summed E-state index contributed by atoms with van der Waals surface area (Å²) in [6.45, 7) is 3.19. The SMILES string of the molecule is COc1cccc(C=CC(=O)O)c1OCC(=O)OC(C)C. The minimum Gasteiger partial charge on any atom is -0.493 e. The van der Waals surface area contributed by atoms with Crippen molar-refractivity contribution in [3.63, 3.8) is 0 Å². The average Bonchev–Trinajstić information content (AvgIpc) is 2.42. The number of esters is 1. The molecule has 1 aromatic rings. The predicted octanol–water partition coefficient (Wildman–Crippen LogP) is 2.12. The van der Waals surface area contributed by atoms with Crippen LogP contribution in [0.1, 0.15) is 19.4 Å². The van der Waals surface area contributed by atoms with E-state index in [1.807, 2.05) is 0 Å². The van der Waals surface area contributed by atoms with Gasteiger partial charge in [0.05, 0.1) is 13.2 Å². The van der Waals surface area contributed by atoms with Crippen molar-refractivity contribution in [3.8, 4) is 11.5 Å². The predicted molar refractivity (Wildman–Crippen MR) is 76.4 cm³/mol. The Balaban J connectivity index is 2.92. The number of carbonyl (C=O) groups is 2. The zero-order valence-electron chi connectivity index (χ0n) is 12.2. The number of hydrogen-bond acceptors (Lipinski definition) is 5. The highest BCUT2D eigenvalue weighted by atomic mass is 16.6. The number of carboxylic acids is 1. The molecule has 0 bridgehead atoms. The van der Waals surface area contributed by atoms with Crippen LogP contribution in [0.15, 0.2) is 24.3 Å². The molecule has 0 atom stereocenters. The van der Waals surface area contributed by atoms with Crippen molar-refractivity contribution in [1.29, 1.82) is 0 Å². The van der Waals surface area contributed by atoms with Crippen molar-refractivity contribution < 1.29 is 28.9 Å². The van der Waals surface area contributed by atoms with E-state index < -0.39 is 11.9 Å². The van der Waals surface area contributed by atoms with Gasteiger partial charge in [0.25, 0.3) is 0 Å². The van der Waals surface area contributed by atoms with Gasteiger partial charge in [0.1, 0.15) is 0 Å². The number of carbonyl (C=O) groups excluding carboxylic acids is 1. The number of hydrogen-bond donors (Lipinski definition) is 1. The molecule has 0 aromatic heterocycles. The minimum absolute atomic E-state index is 0.231. The topological polar surface area (TPSA) is 82.1 Å². The number of aliphatic carboxylic acids is 1. The Bertz CT molecular complexity index is 533. The Morgan fingerprint density at radius 1 is 1.33 bits per heavy atom. The summed E-state index contributed by atoms with van der Waals surface area (Å²) < 4.78 is 15.5. The third-order valence-corrected chi connectivity index (χ3v) is 2.34. The number of methoxy groups -OCH3 is 1. The van der Waals surface area contributed by atoms with Crippen molar-refractivity contribution >= 4 is 18.0 Å². The fraction of sp³-hybridized carbons (Fsp3) is 0.333. The molecule has 1 aromatic carbocycles. The lowest BCUT2D eigenvalue weighted by molar-refractivity contribution is -0.149. The van der Waals surface area contributed by atoms with Gasteiger partial charge in [-0.05, 0) is 26.0 Å². The van der Waals surface area contributed by atoms with Gasteiger partial charge < -0.3 is 19.3 Å². The molecule has 1 N–H and O–H groups in total. The van der Waals surface area contributed by atoms with Crippen LogP contribution in [0.25, 0.3) is 6.08 Å². The number of rotatable bonds is 7. The van der Waals surface area contributed by atoms with E-state index in [1.54, 1.807) is 32.0 Å². The summed E-state index contributed by atoms with van der Waals surface area (Å²) in [7, 11) is 1.46. The Morgan fingerprint density at radius 3 is 2.62 bits per heavy atom. The summed E-state index contributed by atoms with van der Waals surface area (Å²) in [4.78, 5) is 22.1. The highest BCUT2D eigenvalue weighted by molar-refractivity contribution is 5.86. The molecule has 1 rings (SSSR count). The van der Waals surface area contributed by atoms with E-state index in [0.29, 0.717) is 17.1 Å². The molecule has 114 valence electrons. The van der Waals surface area contributed by atoms with Crippen LogP contribution in [0.3, 0.4) is 0 Å². The highest BCUT2D eigenvalue weighted by Gasteiger charge is 2.12. The first-order chi connectivity index (χ1) is 9.93. The molecule has 0 unspecified atom stereocenters. The van der Waals surface area contributed by atoms with Gasteiger partial charge in [0, 0.05) is 11.6 Å². The molecular weight excluding hydrogens is 276 g/mol. The van der Waals surface area contributed by atoms with E-state index >= 15 is 0 Å². The number of carboxylic acid groups (broad SMARTS) is 1. The lowest BCUT2D eigenvalue weighted by Gasteiger charge is -2.13. The lowest BCUT2D eigenvalue weighted by atomic mass is 10.1. The van der Waals surface area contributed by atoms with Gasteiger partial charge in [-0.1, -0.05) is 12.1 Å². The molecular formula is C15H18O6. The van der Waals surface area contributed by atoms with Gasteiger partial charge in [-0.25, -0.2) is 9.59 Å². The zero-order valence-corrected chi connectivity index (χ0v) is 12.2. The van der Waals surface area contributed by atoms with Gasteiger partial charge in [0.15, 0.2) is 18.1 Å². The molecule has 6 nitrogen and oxygen atoms in total. The third kappa shape index (κ3) is 5.56. The lowest BCUT2D eigenvalue weighted by Crippen LogP contribution is -2.19. The van der Waals surface area contributed by atoms with Crippen LogP contribution in [0, 0.1) is 0 Å². The largest absolute Gasteiger partial charge is 0.493 e. The van der Waals surface area contributed by atoms with Crippen molar-refractivity contribution in [1.82, 2.24) is 0 Å². The summed E-state index contributed by atoms with van der Waals surface area (Å²) in [5.74, 6) is -0.898. The second kappa shape index (κ2) is 7.94. The molecule has 0 saturated carbocycles. The maximum atomic E-state index is 11.5. The van der Waals surface area contributed by atoms with E-state index in [2.05, 4.69) is 0 Å². The highest BCUT2D eigenvalue weighted by Crippen LogP contribution is 2.32. The van der Waals surface area contributed by atoms with Crippen molar-refractivity contribution in [2.24, 2.45) is 0 Å². The maximum absolute atomic E-state index is 11.5. The summed E-state index contributed by atoms with van der Waals surface area (Å²) in [5, 5.41) is 8.68. The minimum atomic E-state index is -1.08. The van der Waals surface area contributed by atoms with Crippen molar-refractivity contribution in [3.05, 3.63) is 29.8 Å². The van der Waals surface area contributed by atoms with Gasteiger partial charge in [-0.3, -0.25) is 0 Å². The van der Waals surface area contributed by atoms with E-state index in [1.165, 1.54) is 13.2 Å². The first-order valence-electron chi connectivity index (χ1n) is 6.34. The van der Waals surface area contributed by atoms with Gasteiger partial charge in [-0.15, -0.1) is 0 Å². The Morgan fingerprint density at radius 2 is 2.05 bits per heavy atom. The van der Waals surface area contributed by atoms with E-state index in [0.717, 1.165) is 6.08 Å². The van der Waals surface area contributed by atoms with Crippen molar-refractivity contribution in [2.75, 3.05) is 13.7 Å². The smallest absolute Gasteiger partial charge is 0.344 e. The molecule has 0 saturated heterocycles. The molecule has 0 spiro atoms. The number of benzene rings is 1. The molecule has 0 amide bonds. The molecule has 0 fully saturated rings. The second-order valence-corrected chi connectivity index (χ2v) is 4.38. The second-order valence-electron chi connectivity index (χ2n) is 4.38. The van der Waals surface area contributed by atoms with Crippen LogP contribution in [0.5, 0.6) is 11.5 Å². The Hall–Kier alpha value is -2.50. The molecule has 21 heavy (non-hydrogen) atoms. The fourth-order valence-corrected chi connectivity index (χ4v) is 1.57. The summed E-state index contributed by atoms with van der Waals surface area (Å²) in [6.07, 6.45) is 2.12. The summed E-state index contributed by atoms with van der Waals surface area (Å²) >= 11 is 0. The van der Waals surface area contributed by atoms with E-state index in [-0.39, 0.29) is 12.7 Å². The monoisotopic (exact) mass is 294 g/mol. The first kappa shape index (κ1) is 16.6. The normalized spacial score (nSPS) is 10.7. The number of ether oxygens (including phenoxy) is 3. The van der Waals surface area contributed by atoms with E-state index in [9.17, 15) is 9.59 Å². The molecule has 0 aliphatic rings. The summed E-state index contributed by atoms with van der Waals surface area (Å²) in [6, 6.07) is 5.01. The fourth-order valence-electron chi connectivity index (χ4n) is 1.57.